The monoisotopic (exact) mass is 672 g/mol. The molecule has 3 aromatic rings. The first-order valence-electron chi connectivity index (χ1n) is 16.7. The summed E-state index contributed by atoms with van der Waals surface area (Å²) in [6.45, 7) is 3.47. The van der Waals surface area contributed by atoms with Gasteiger partial charge in [0.1, 0.15) is 0 Å². The summed E-state index contributed by atoms with van der Waals surface area (Å²) in [6, 6.07) is 33.2. The molecule has 224 valence electrons. The van der Waals surface area contributed by atoms with Crippen molar-refractivity contribution in [1.29, 1.82) is 0 Å². The van der Waals surface area contributed by atoms with Crippen molar-refractivity contribution in [3.05, 3.63) is 140 Å². The van der Waals surface area contributed by atoms with Crippen molar-refractivity contribution in [2.75, 3.05) is 6.61 Å². The van der Waals surface area contributed by atoms with Crippen molar-refractivity contribution < 1.29 is 30.6 Å². The third-order valence-electron chi connectivity index (χ3n) is 11.6. The molecule has 3 heteroatoms. The topological polar surface area (TPSA) is 9.23 Å². The molecular formula is C41H46OSiZr. The summed E-state index contributed by atoms with van der Waals surface area (Å²) in [7, 11) is -2.68. The molecule has 6 atom stereocenters. The van der Waals surface area contributed by atoms with Gasteiger partial charge < -0.3 is 4.43 Å². The van der Waals surface area contributed by atoms with E-state index in [0.717, 1.165) is 36.7 Å². The predicted octanol–water partition coefficient (Wildman–Crippen LogP) is 7.99. The van der Waals surface area contributed by atoms with Crippen molar-refractivity contribution in [1.82, 2.24) is 0 Å². The minimum atomic E-state index is -2.68. The fourth-order valence-corrected chi connectivity index (χ4v) is 13.5. The average Bonchev–Trinajstić information content (AvgIpc) is 3.72. The largest absolute Gasteiger partial charge is 0.404 e. The zero-order valence-electron chi connectivity index (χ0n) is 26.1. The summed E-state index contributed by atoms with van der Waals surface area (Å²) in [5.41, 5.74) is 0.295. The Labute approximate surface area is 285 Å². The first-order chi connectivity index (χ1) is 21.2. The van der Waals surface area contributed by atoms with E-state index >= 15 is 0 Å². The molecule has 2 saturated carbocycles. The van der Waals surface area contributed by atoms with Gasteiger partial charge in [-0.15, -0.1) is 0 Å². The van der Waals surface area contributed by atoms with Gasteiger partial charge in [0.2, 0.25) is 0 Å². The fourth-order valence-electron chi connectivity index (χ4n) is 9.54. The van der Waals surface area contributed by atoms with Crippen LogP contribution >= 0.6 is 0 Å². The van der Waals surface area contributed by atoms with Gasteiger partial charge in [0.05, 0.1) is 0 Å². The van der Waals surface area contributed by atoms with E-state index in [1.807, 2.05) is 0 Å². The van der Waals surface area contributed by atoms with E-state index in [1.165, 1.54) is 47.7 Å². The van der Waals surface area contributed by atoms with Crippen molar-refractivity contribution in [2.24, 2.45) is 40.9 Å². The molecule has 7 rings (SSSR count). The van der Waals surface area contributed by atoms with E-state index in [9.17, 15) is 0 Å². The molecule has 0 amide bonds. The van der Waals surface area contributed by atoms with E-state index in [2.05, 4.69) is 147 Å². The maximum Gasteiger partial charge on any atom is 0.288 e. The normalized spacial score (nSPS) is 28.2. The summed E-state index contributed by atoms with van der Waals surface area (Å²) < 4.78 is 7.41. The number of fused-ring (bicyclic) bond motifs is 2. The Hall–Kier alpha value is -2.32. The molecule has 0 spiro atoms. The van der Waals surface area contributed by atoms with Crippen LogP contribution in [0.3, 0.4) is 0 Å². The Kier molecular flexibility index (Phi) is 10.1. The molecule has 1 nitrogen and oxygen atoms in total. The quantitative estimate of drug-likeness (QED) is 0.121. The molecule has 0 saturated heterocycles. The Morgan fingerprint density at radius 2 is 1.00 bits per heavy atom. The Bertz CT molecular complexity index is 1340. The van der Waals surface area contributed by atoms with Gasteiger partial charge in [-0.1, -0.05) is 147 Å². The summed E-state index contributed by atoms with van der Waals surface area (Å²) in [5.74, 6) is 4.29. The molecular weight excluding hydrogens is 628 g/mol. The van der Waals surface area contributed by atoms with Gasteiger partial charge in [0.15, 0.2) is 0 Å². The second-order valence-electron chi connectivity index (χ2n) is 13.6. The molecule has 0 aromatic heterocycles. The molecule has 3 aromatic carbocycles. The van der Waals surface area contributed by atoms with Gasteiger partial charge in [-0.2, -0.15) is 0 Å². The number of benzene rings is 3. The van der Waals surface area contributed by atoms with Crippen molar-refractivity contribution >= 4 is 23.9 Å². The molecule has 6 unspecified atom stereocenters. The maximum absolute atomic E-state index is 7.41. The second kappa shape index (κ2) is 14.0. The predicted molar refractivity (Wildman–Crippen MR) is 183 cm³/mol. The Morgan fingerprint density at radius 3 is 1.43 bits per heavy atom. The van der Waals surface area contributed by atoms with Crippen molar-refractivity contribution in [3.8, 4) is 0 Å². The third kappa shape index (κ3) is 5.86. The smallest absolute Gasteiger partial charge is 0.288 e. The third-order valence-corrected chi connectivity index (χ3v) is 15.6. The molecule has 0 aliphatic heterocycles. The van der Waals surface area contributed by atoms with Crippen LogP contribution in [-0.4, -0.2) is 14.9 Å². The molecule has 0 heterocycles. The number of hydrogen-bond donors (Lipinski definition) is 0. The van der Waals surface area contributed by atoms with Crippen LogP contribution in [0, 0.1) is 40.9 Å². The maximum atomic E-state index is 7.41. The van der Waals surface area contributed by atoms with Crippen LogP contribution in [0.15, 0.2) is 140 Å². The number of allylic oxidation sites excluding steroid dienone is 8. The van der Waals surface area contributed by atoms with E-state index in [4.69, 9.17) is 4.43 Å². The van der Waals surface area contributed by atoms with Crippen LogP contribution < -0.4 is 15.6 Å². The molecule has 0 radical (unpaired) electrons. The standard InChI is InChI=1S/C41H46OSi.Zr/c1-41(39-28-26-32-16-11-13-24-37(32)39,40-29-27-33-17-12-14-25-38(33)40)30-15-31-42-43(34-18-5-2-6-19-34,35-20-7-3-8-21-35)36-22-9-4-10-23-36;/h2-14,16-25,32-33,37-40H,15,26-31H2,1H3;. The van der Waals surface area contributed by atoms with Crippen molar-refractivity contribution in [2.45, 2.75) is 45.4 Å². The first-order valence-corrected chi connectivity index (χ1v) is 18.6. The van der Waals surface area contributed by atoms with E-state index < -0.39 is 8.32 Å². The Balaban J connectivity index is 0.00000343. The SMILES string of the molecule is CC(CCCO[Si](c1ccccc1)(c1ccccc1)c1ccccc1)(C1CCC2C=CC=CC21)C1CCC2C=CC=CC21.[Zr]. The van der Waals surface area contributed by atoms with Crippen LogP contribution in [0.25, 0.3) is 0 Å². The summed E-state index contributed by atoms with van der Waals surface area (Å²) in [5, 5.41) is 3.97. The molecule has 44 heavy (non-hydrogen) atoms. The van der Waals surface area contributed by atoms with Crippen LogP contribution in [0.2, 0.25) is 0 Å². The van der Waals surface area contributed by atoms with Gasteiger partial charge in [-0.05, 0) is 95.0 Å². The van der Waals surface area contributed by atoms with Gasteiger partial charge in [-0.3, -0.25) is 0 Å². The van der Waals surface area contributed by atoms with Gasteiger partial charge in [0, 0.05) is 32.8 Å². The van der Waals surface area contributed by atoms with E-state index in [-0.39, 0.29) is 26.2 Å². The van der Waals surface area contributed by atoms with Crippen LogP contribution in [0.1, 0.15) is 45.4 Å². The minimum Gasteiger partial charge on any atom is -0.404 e. The van der Waals surface area contributed by atoms with Crippen LogP contribution in [0.4, 0.5) is 0 Å². The molecule has 4 aliphatic carbocycles. The first kappa shape index (κ1) is 31.7. The van der Waals surface area contributed by atoms with Gasteiger partial charge >= 0.3 is 0 Å². The summed E-state index contributed by atoms with van der Waals surface area (Å²) in [4.78, 5) is 0. The number of hydrogen-bond acceptors (Lipinski definition) is 1. The zero-order valence-corrected chi connectivity index (χ0v) is 29.6. The van der Waals surface area contributed by atoms with Crippen LogP contribution in [-0.2, 0) is 30.6 Å². The molecule has 0 N–H and O–H groups in total. The fraction of sp³-hybridized carbons (Fsp3) is 0.366. The molecule has 0 bridgehead atoms. The summed E-state index contributed by atoms with van der Waals surface area (Å²) in [6.07, 6.45) is 27.0. The molecule has 2 fully saturated rings. The summed E-state index contributed by atoms with van der Waals surface area (Å²) >= 11 is 0. The number of rotatable bonds is 10. The van der Waals surface area contributed by atoms with Crippen LogP contribution in [0.5, 0.6) is 0 Å². The Morgan fingerprint density at radius 1 is 0.591 bits per heavy atom. The second-order valence-corrected chi connectivity index (χ2v) is 17.0. The molecule has 4 aliphatic rings. The minimum absolute atomic E-state index is 0. The van der Waals surface area contributed by atoms with Crippen molar-refractivity contribution in [3.63, 3.8) is 0 Å². The zero-order chi connectivity index (χ0) is 29.1. The van der Waals surface area contributed by atoms with Gasteiger partial charge in [-0.25, -0.2) is 0 Å². The van der Waals surface area contributed by atoms with E-state index in [0.29, 0.717) is 17.3 Å². The van der Waals surface area contributed by atoms with Gasteiger partial charge in [0.25, 0.3) is 8.32 Å². The average molecular weight is 674 g/mol. The van der Waals surface area contributed by atoms with E-state index in [1.54, 1.807) is 0 Å².